The van der Waals surface area contributed by atoms with Gasteiger partial charge in [0, 0.05) is 30.4 Å². The molecule has 0 N–H and O–H groups in total. The molecule has 0 radical (unpaired) electrons. The Morgan fingerprint density at radius 2 is 1.81 bits per heavy atom. The Kier molecular flexibility index (Phi) is 4.23. The zero-order valence-electron chi connectivity index (χ0n) is 12.5. The molecule has 0 spiro atoms. The Labute approximate surface area is 128 Å². The van der Waals surface area contributed by atoms with Crippen LogP contribution in [-0.4, -0.2) is 25.3 Å². The van der Waals surface area contributed by atoms with E-state index in [1.54, 1.807) is 25.5 Å². The molecule has 5 nitrogen and oxygen atoms in total. The average molecular weight is 305 g/mol. The molecule has 0 fully saturated rings. The fourth-order valence-corrected chi connectivity index (χ4v) is 1.82. The molecule has 0 atom stereocenters. The van der Waals surface area contributed by atoms with E-state index in [0.29, 0.717) is 5.69 Å². The first-order chi connectivity index (χ1) is 9.79. The summed E-state index contributed by atoms with van der Waals surface area (Å²) in [5.74, 6) is 0.598. The fourth-order valence-electron chi connectivity index (χ4n) is 1.68. The Morgan fingerprint density at radius 3 is 2.29 bits per heavy atom. The number of carbonyl (C=O) groups excluding carboxylic acids is 1. The van der Waals surface area contributed by atoms with E-state index in [-0.39, 0.29) is 16.5 Å². The molecular formula is C15H17ClN4O. The Bertz CT molecular complexity index is 681. The predicted octanol–water partition coefficient (Wildman–Crippen LogP) is 3.06. The molecule has 2 heterocycles. The lowest BCUT2D eigenvalue weighted by molar-refractivity contribution is 0.104. The van der Waals surface area contributed by atoms with Crippen molar-refractivity contribution >= 4 is 23.5 Å². The number of aromatic nitrogens is 4. The zero-order valence-corrected chi connectivity index (χ0v) is 13.2. The first-order valence-electron chi connectivity index (χ1n) is 6.51. The van der Waals surface area contributed by atoms with Crippen LogP contribution in [0.3, 0.4) is 0 Å². The molecule has 0 aliphatic rings. The van der Waals surface area contributed by atoms with Crippen LogP contribution in [0.1, 0.15) is 42.6 Å². The number of ketones is 1. The predicted molar refractivity (Wildman–Crippen MR) is 82.3 cm³/mol. The summed E-state index contributed by atoms with van der Waals surface area (Å²) in [6.07, 6.45) is 7.99. The lowest BCUT2D eigenvalue weighted by Crippen LogP contribution is -2.15. The van der Waals surface area contributed by atoms with E-state index in [9.17, 15) is 4.79 Å². The van der Waals surface area contributed by atoms with Gasteiger partial charge < -0.3 is 4.57 Å². The minimum Gasteiger partial charge on any atom is -0.315 e. The first-order valence-corrected chi connectivity index (χ1v) is 6.89. The summed E-state index contributed by atoms with van der Waals surface area (Å²) in [6, 6.07) is 0. The van der Waals surface area contributed by atoms with Gasteiger partial charge in [0.15, 0.2) is 0 Å². The van der Waals surface area contributed by atoms with Crippen molar-refractivity contribution in [1.29, 1.82) is 0 Å². The third kappa shape index (κ3) is 3.55. The molecule has 0 aliphatic carbocycles. The summed E-state index contributed by atoms with van der Waals surface area (Å²) in [5, 5.41) is 0.282. The quantitative estimate of drug-likeness (QED) is 0.646. The molecule has 0 aromatic carbocycles. The molecule has 2 aromatic rings. The van der Waals surface area contributed by atoms with Crippen LogP contribution >= 0.6 is 11.6 Å². The SMILES string of the molecule is Cn1c(C(=O)C=Cc2cnc(C(C)(C)C)nc2)cnc1Cl. The van der Waals surface area contributed by atoms with Crippen LogP contribution in [0.25, 0.3) is 6.08 Å². The van der Waals surface area contributed by atoms with Gasteiger partial charge in [0.05, 0.1) is 6.20 Å². The molecule has 0 saturated carbocycles. The normalized spacial score (nSPS) is 12.0. The maximum atomic E-state index is 12.0. The molecule has 0 aliphatic heterocycles. The smallest absolute Gasteiger partial charge is 0.203 e. The van der Waals surface area contributed by atoms with E-state index in [4.69, 9.17) is 11.6 Å². The third-order valence-corrected chi connectivity index (χ3v) is 3.30. The number of carbonyl (C=O) groups is 1. The van der Waals surface area contributed by atoms with E-state index >= 15 is 0 Å². The standard InChI is InChI=1S/C15H17ClN4O/c1-15(2,3)13-17-7-10(8-18-13)5-6-12(21)11-9-19-14(16)20(11)4/h5-9H,1-4H3. The molecule has 0 amide bonds. The summed E-state index contributed by atoms with van der Waals surface area (Å²) in [6.45, 7) is 6.15. The molecule has 0 saturated heterocycles. The number of allylic oxidation sites excluding steroid dienone is 1. The number of halogens is 1. The molecule has 2 rings (SSSR count). The second kappa shape index (κ2) is 5.77. The highest BCUT2D eigenvalue weighted by molar-refractivity contribution is 6.28. The largest absolute Gasteiger partial charge is 0.315 e. The molecule has 2 aromatic heterocycles. The van der Waals surface area contributed by atoms with E-state index < -0.39 is 0 Å². The van der Waals surface area contributed by atoms with Gasteiger partial charge in [-0.1, -0.05) is 20.8 Å². The highest BCUT2D eigenvalue weighted by Crippen LogP contribution is 2.17. The van der Waals surface area contributed by atoms with Crippen molar-refractivity contribution in [1.82, 2.24) is 19.5 Å². The summed E-state index contributed by atoms with van der Waals surface area (Å²) in [7, 11) is 1.69. The number of nitrogens with zero attached hydrogens (tertiary/aromatic N) is 4. The van der Waals surface area contributed by atoms with E-state index in [1.807, 2.05) is 20.8 Å². The lowest BCUT2D eigenvalue weighted by Gasteiger charge is -2.15. The van der Waals surface area contributed by atoms with Gasteiger partial charge in [0.25, 0.3) is 0 Å². The van der Waals surface area contributed by atoms with Crippen molar-refractivity contribution < 1.29 is 4.79 Å². The monoisotopic (exact) mass is 304 g/mol. The molecule has 21 heavy (non-hydrogen) atoms. The van der Waals surface area contributed by atoms with Gasteiger partial charge in [0.2, 0.25) is 11.1 Å². The zero-order chi connectivity index (χ0) is 15.6. The van der Waals surface area contributed by atoms with Crippen molar-refractivity contribution in [2.75, 3.05) is 0 Å². The van der Waals surface area contributed by atoms with Gasteiger partial charge in [0.1, 0.15) is 11.5 Å². The van der Waals surface area contributed by atoms with Crippen LogP contribution in [-0.2, 0) is 12.5 Å². The summed E-state index contributed by atoms with van der Waals surface area (Å²) in [5.41, 5.74) is 1.11. The van der Waals surface area contributed by atoms with Crippen molar-refractivity contribution in [3.8, 4) is 0 Å². The second-order valence-corrected chi connectivity index (χ2v) is 6.10. The van der Waals surface area contributed by atoms with Crippen LogP contribution in [0.2, 0.25) is 5.28 Å². The minimum absolute atomic E-state index is 0.0937. The van der Waals surface area contributed by atoms with Crippen LogP contribution in [0, 0.1) is 0 Å². The molecular weight excluding hydrogens is 288 g/mol. The molecule has 110 valence electrons. The van der Waals surface area contributed by atoms with Crippen molar-refractivity contribution in [2.45, 2.75) is 26.2 Å². The molecule has 0 bridgehead atoms. The van der Waals surface area contributed by atoms with Crippen LogP contribution in [0.15, 0.2) is 24.7 Å². The van der Waals surface area contributed by atoms with Gasteiger partial charge in [-0.2, -0.15) is 0 Å². The van der Waals surface area contributed by atoms with Gasteiger partial charge in [-0.05, 0) is 23.8 Å². The lowest BCUT2D eigenvalue weighted by atomic mass is 9.96. The second-order valence-electron chi connectivity index (χ2n) is 5.76. The summed E-state index contributed by atoms with van der Waals surface area (Å²) >= 11 is 5.81. The molecule has 0 unspecified atom stereocenters. The van der Waals surface area contributed by atoms with Gasteiger partial charge >= 0.3 is 0 Å². The number of hydrogen-bond acceptors (Lipinski definition) is 4. The number of rotatable bonds is 3. The van der Waals surface area contributed by atoms with E-state index in [2.05, 4.69) is 15.0 Å². The Balaban J connectivity index is 2.14. The van der Waals surface area contributed by atoms with Gasteiger partial charge in [-0.3, -0.25) is 4.79 Å². The molecule has 6 heteroatoms. The maximum absolute atomic E-state index is 12.0. The van der Waals surface area contributed by atoms with Crippen molar-refractivity contribution in [2.24, 2.45) is 7.05 Å². The van der Waals surface area contributed by atoms with Crippen LogP contribution in [0.4, 0.5) is 0 Å². The van der Waals surface area contributed by atoms with E-state index in [0.717, 1.165) is 11.4 Å². The van der Waals surface area contributed by atoms with Crippen molar-refractivity contribution in [3.05, 3.63) is 47.0 Å². The first kappa shape index (κ1) is 15.4. The van der Waals surface area contributed by atoms with E-state index in [1.165, 1.54) is 16.8 Å². The average Bonchev–Trinajstić information content (AvgIpc) is 2.76. The summed E-state index contributed by atoms with van der Waals surface area (Å²) < 4.78 is 1.54. The number of hydrogen-bond donors (Lipinski definition) is 0. The third-order valence-electron chi connectivity index (χ3n) is 2.95. The topological polar surface area (TPSA) is 60.7 Å². The number of imidazole rings is 1. The van der Waals surface area contributed by atoms with Gasteiger partial charge in [-0.15, -0.1) is 0 Å². The van der Waals surface area contributed by atoms with Crippen molar-refractivity contribution in [3.63, 3.8) is 0 Å². The highest BCUT2D eigenvalue weighted by atomic mass is 35.5. The van der Waals surface area contributed by atoms with Crippen LogP contribution in [0.5, 0.6) is 0 Å². The maximum Gasteiger partial charge on any atom is 0.203 e. The Hall–Kier alpha value is -2.01. The fraction of sp³-hybridized carbons (Fsp3) is 0.333. The summed E-state index contributed by atoms with van der Waals surface area (Å²) in [4.78, 5) is 24.5. The van der Waals surface area contributed by atoms with Gasteiger partial charge in [-0.25, -0.2) is 15.0 Å². The Morgan fingerprint density at radius 1 is 1.19 bits per heavy atom. The highest BCUT2D eigenvalue weighted by Gasteiger charge is 2.16. The van der Waals surface area contributed by atoms with Crippen LogP contribution < -0.4 is 0 Å². The minimum atomic E-state index is -0.170.